The van der Waals surface area contributed by atoms with E-state index in [9.17, 15) is 4.79 Å². The number of aromatic nitrogens is 1. The lowest BCUT2D eigenvalue weighted by atomic mass is 9.94. The van der Waals surface area contributed by atoms with E-state index in [4.69, 9.17) is 0 Å². The minimum Gasteiger partial charge on any atom is -0.349 e. The Labute approximate surface area is 124 Å². The largest absolute Gasteiger partial charge is 0.349 e. The first kappa shape index (κ1) is 13.8. The number of aryl methyl sites for hydroxylation is 1. The summed E-state index contributed by atoms with van der Waals surface area (Å²) in [5.74, 6) is -0.113. The number of fused-ring (bicyclic) bond motifs is 1. The second-order valence-corrected chi connectivity index (χ2v) is 5.33. The Kier molecular flexibility index (Phi) is 3.97. The van der Waals surface area contributed by atoms with Crippen molar-refractivity contribution in [3.05, 3.63) is 65.0 Å². The highest BCUT2D eigenvalue weighted by Gasteiger charge is 2.20. The molecule has 0 fully saturated rings. The number of carbonyl (C=O) groups is 1. The molecule has 2 N–H and O–H groups in total. The normalized spacial score (nSPS) is 17.1. The van der Waals surface area contributed by atoms with Crippen LogP contribution in [0.3, 0.4) is 0 Å². The number of benzene rings is 1. The second-order valence-electron chi connectivity index (χ2n) is 5.33. The molecule has 2 aromatic rings. The average molecular weight is 281 g/mol. The zero-order chi connectivity index (χ0) is 14.7. The molecular weight excluding hydrogens is 262 g/mol. The van der Waals surface area contributed by atoms with Crippen LogP contribution in [0.4, 0.5) is 0 Å². The van der Waals surface area contributed by atoms with Crippen LogP contribution in [0.25, 0.3) is 0 Å². The number of hydrogen-bond donors (Lipinski definition) is 2. The van der Waals surface area contributed by atoms with Crippen LogP contribution in [0.15, 0.2) is 42.6 Å². The lowest BCUT2D eigenvalue weighted by molar-refractivity contribution is 0.0943. The lowest BCUT2D eigenvalue weighted by Gasteiger charge is -2.27. The van der Waals surface area contributed by atoms with E-state index in [1.54, 1.807) is 6.20 Å². The predicted molar refractivity (Wildman–Crippen MR) is 82.2 cm³/mol. The molecule has 0 bridgehead atoms. The summed E-state index contributed by atoms with van der Waals surface area (Å²) in [6.45, 7) is 3.42. The van der Waals surface area contributed by atoms with Gasteiger partial charge in [-0.15, -0.1) is 0 Å². The summed E-state index contributed by atoms with van der Waals surface area (Å²) >= 11 is 0. The Morgan fingerprint density at radius 2 is 2.19 bits per heavy atom. The maximum Gasteiger partial charge on any atom is 0.270 e. The molecule has 0 saturated carbocycles. The molecular formula is C17H19N3O. The van der Waals surface area contributed by atoms with Gasteiger partial charge in [0.25, 0.3) is 5.91 Å². The van der Waals surface area contributed by atoms with Crippen LogP contribution >= 0.6 is 0 Å². The molecule has 0 radical (unpaired) electrons. The van der Waals surface area contributed by atoms with E-state index in [0.29, 0.717) is 12.2 Å². The third-order valence-electron chi connectivity index (χ3n) is 3.91. The number of hydrogen-bond acceptors (Lipinski definition) is 3. The van der Waals surface area contributed by atoms with E-state index in [1.807, 2.05) is 25.1 Å². The number of rotatable bonds is 3. The van der Waals surface area contributed by atoms with Gasteiger partial charge in [-0.05, 0) is 42.6 Å². The van der Waals surface area contributed by atoms with Crippen LogP contribution in [0.2, 0.25) is 0 Å². The SMILES string of the molecule is Cc1cccnc1C(=O)NCC1NCCc2ccccc21. The highest BCUT2D eigenvalue weighted by Crippen LogP contribution is 2.21. The molecule has 1 aromatic heterocycles. The standard InChI is InChI=1S/C17H19N3O/c1-12-5-4-9-19-16(12)17(21)20-11-15-14-7-3-2-6-13(14)8-10-18-15/h2-7,9,15,18H,8,10-11H2,1H3,(H,20,21). The number of nitrogens with one attached hydrogen (secondary N) is 2. The first-order valence-corrected chi connectivity index (χ1v) is 7.26. The summed E-state index contributed by atoms with van der Waals surface area (Å²) in [5.41, 5.74) is 4.04. The first-order valence-electron chi connectivity index (χ1n) is 7.26. The molecule has 1 aliphatic rings. The van der Waals surface area contributed by atoms with Gasteiger partial charge in [0.15, 0.2) is 0 Å². The molecule has 1 aliphatic heterocycles. The summed E-state index contributed by atoms with van der Waals surface area (Å²) in [4.78, 5) is 16.4. The minimum atomic E-state index is -0.113. The number of nitrogens with zero attached hydrogens (tertiary/aromatic N) is 1. The molecule has 4 heteroatoms. The maximum atomic E-state index is 12.2. The number of carbonyl (C=O) groups excluding carboxylic acids is 1. The monoisotopic (exact) mass is 281 g/mol. The Bertz CT molecular complexity index is 654. The third-order valence-corrected chi connectivity index (χ3v) is 3.91. The van der Waals surface area contributed by atoms with E-state index in [0.717, 1.165) is 18.5 Å². The molecule has 1 unspecified atom stereocenters. The van der Waals surface area contributed by atoms with Crippen molar-refractivity contribution in [3.63, 3.8) is 0 Å². The summed E-state index contributed by atoms with van der Waals surface area (Å²) in [5, 5.41) is 6.45. The van der Waals surface area contributed by atoms with Gasteiger partial charge in [-0.2, -0.15) is 0 Å². The van der Waals surface area contributed by atoms with E-state index in [-0.39, 0.29) is 11.9 Å². The summed E-state index contributed by atoms with van der Waals surface area (Å²) in [6.07, 6.45) is 2.69. The van der Waals surface area contributed by atoms with E-state index >= 15 is 0 Å². The van der Waals surface area contributed by atoms with Crippen molar-refractivity contribution in [3.8, 4) is 0 Å². The molecule has 0 spiro atoms. The van der Waals surface area contributed by atoms with Crippen LogP contribution in [0, 0.1) is 6.92 Å². The van der Waals surface area contributed by atoms with Gasteiger partial charge in [-0.25, -0.2) is 0 Å². The van der Waals surface area contributed by atoms with Crippen molar-refractivity contribution in [1.82, 2.24) is 15.6 Å². The lowest BCUT2D eigenvalue weighted by Crippen LogP contribution is -2.39. The summed E-state index contributed by atoms with van der Waals surface area (Å²) in [7, 11) is 0. The van der Waals surface area contributed by atoms with Crippen LogP contribution in [0.5, 0.6) is 0 Å². The minimum absolute atomic E-state index is 0.113. The van der Waals surface area contributed by atoms with Gasteiger partial charge in [0.2, 0.25) is 0 Å². The quantitative estimate of drug-likeness (QED) is 0.905. The molecule has 3 rings (SSSR count). The zero-order valence-electron chi connectivity index (χ0n) is 12.1. The Hall–Kier alpha value is -2.20. The van der Waals surface area contributed by atoms with E-state index < -0.39 is 0 Å². The van der Waals surface area contributed by atoms with Gasteiger partial charge < -0.3 is 10.6 Å². The van der Waals surface area contributed by atoms with Crippen molar-refractivity contribution in [2.24, 2.45) is 0 Å². The smallest absolute Gasteiger partial charge is 0.270 e. The van der Waals surface area contributed by atoms with Gasteiger partial charge in [-0.3, -0.25) is 9.78 Å². The zero-order valence-corrected chi connectivity index (χ0v) is 12.1. The Balaban J connectivity index is 1.69. The topological polar surface area (TPSA) is 54.0 Å². The molecule has 108 valence electrons. The van der Waals surface area contributed by atoms with Gasteiger partial charge in [-0.1, -0.05) is 30.3 Å². The average Bonchev–Trinajstić information content (AvgIpc) is 2.53. The van der Waals surface area contributed by atoms with Crippen molar-refractivity contribution < 1.29 is 4.79 Å². The number of amides is 1. The van der Waals surface area contributed by atoms with Crippen molar-refractivity contribution in [2.45, 2.75) is 19.4 Å². The fourth-order valence-electron chi connectivity index (χ4n) is 2.78. The fraction of sp³-hybridized carbons (Fsp3) is 0.294. The van der Waals surface area contributed by atoms with Crippen LogP contribution in [0.1, 0.15) is 33.2 Å². The number of pyridine rings is 1. The van der Waals surface area contributed by atoms with Crippen LogP contribution in [-0.4, -0.2) is 24.0 Å². The molecule has 1 amide bonds. The molecule has 1 atom stereocenters. The Morgan fingerprint density at radius 1 is 1.33 bits per heavy atom. The molecule has 0 aliphatic carbocycles. The van der Waals surface area contributed by atoms with Crippen molar-refractivity contribution in [2.75, 3.05) is 13.1 Å². The maximum absolute atomic E-state index is 12.2. The first-order chi connectivity index (χ1) is 10.3. The fourth-order valence-corrected chi connectivity index (χ4v) is 2.78. The van der Waals surface area contributed by atoms with Gasteiger partial charge in [0, 0.05) is 18.8 Å². The van der Waals surface area contributed by atoms with Crippen molar-refractivity contribution >= 4 is 5.91 Å². The van der Waals surface area contributed by atoms with Crippen LogP contribution in [-0.2, 0) is 6.42 Å². The molecule has 21 heavy (non-hydrogen) atoms. The predicted octanol–water partition coefficient (Wildman–Crippen LogP) is 2.01. The summed E-state index contributed by atoms with van der Waals surface area (Å²) in [6, 6.07) is 12.3. The van der Waals surface area contributed by atoms with Gasteiger partial charge in [0.1, 0.15) is 5.69 Å². The molecule has 2 heterocycles. The molecule has 0 saturated heterocycles. The van der Waals surface area contributed by atoms with Crippen molar-refractivity contribution in [1.29, 1.82) is 0 Å². The third kappa shape index (κ3) is 2.95. The molecule has 1 aromatic carbocycles. The Morgan fingerprint density at radius 3 is 3.05 bits per heavy atom. The highest BCUT2D eigenvalue weighted by molar-refractivity contribution is 5.93. The van der Waals surface area contributed by atoms with E-state index in [1.165, 1.54) is 11.1 Å². The van der Waals surface area contributed by atoms with Crippen LogP contribution < -0.4 is 10.6 Å². The van der Waals surface area contributed by atoms with E-state index in [2.05, 4.69) is 33.8 Å². The second kappa shape index (κ2) is 6.06. The summed E-state index contributed by atoms with van der Waals surface area (Å²) < 4.78 is 0. The molecule has 4 nitrogen and oxygen atoms in total. The van der Waals surface area contributed by atoms with Gasteiger partial charge >= 0.3 is 0 Å². The highest BCUT2D eigenvalue weighted by atomic mass is 16.1. The van der Waals surface area contributed by atoms with Gasteiger partial charge in [0.05, 0.1) is 0 Å².